The number of anilines is 1. The molecule has 2 N–H and O–H groups in total. The van der Waals surface area contributed by atoms with Gasteiger partial charge in [0.25, 0.3) is 0 Å². The standard InChI is InChI=1S/C30H28N4O2/c35-29-30(24-6-1-2-7-27(24)31-29)18-25(30)22-9-10-23-26(32-33-28(23)17-22)11-8-20-4-3-5-21(16-20)19-34-12-14-36-15-13-34/h1-11,16-17,25H,12-15,18-19H2,(H,31,35)(H,32,33). The first-order valence-corrected chi connectivity index (χ1v) is 12.7. The highest BCUT2D eigenvalue weighted by molar-refractivity contribution is 6.09. The lowest BCUT2D eigenvalue weighted by Crippen LogP contribution is -2.35. The van der Waals surface area contributed by atoms with Crippen LogP contribution in [-0.2, 0) is 21.5 Å². The minimum absolute atomic E-state index is 0.123. The number of nitrogens with zero attached hydrogens (tertiary/aromatic N) is 2. The zero-order valence-electron chi connectivity index (χ0n) is 20.0. The summed E-state index contributed by atoms with van der Waals surface area (Å²) in [6.07, 6.45) is 5.05. The van der Waals surface area contributed by atoms with Crippen molar-refractivity contribution in [1.29, 1.82) is 0 Å². The van der Waals surface area contributed by atoms with Crippen molar-refractivity contribution >= 4 is 34.6 Å². The van der Waals surface area contributed by atoms with Crippen molar-refractivity contribution < 1.29 is 9.53 Å². The summed E-state index contributed by atoms with van der Waals surface area (Å²) in [6, 6.07) is 23.2. The van der Waals surface area contributed by atoms with Gasteiger partial charge in [0.1, 0.15) is 0 Å². The van der Waals surface area contributed by atoms with Crippen LogP contribution in [0, 0.1) is 0 Å². The number of H-pyrrole nitrogens is 1. The Morgan fingerprint density at radius 3 is 2.83 bits per heavy atom. The molecule has 0 bridgehead atoms. The van der Waals surface area contributed by atoms with Gasteiger partial charge in [0.15, 0.2) is 0 Å². The van der Waals surface area contributed by atoms with Crippen molar-refractivity contribution in [2.45, 2.75) is 24.3 Å². The SMILES string of the molecule is O=C1Nc2ccccc2C12CC2c1ccc2c(C=Cc3cccc(CN4CCOCC4)c3)n[nH]c2c1. The summed E-state index contributed by atoms with van der Waals surface area (Å²) in [4.78, 5) is 15.3. The molecule has 0 radical (unpaired) electrons. The van der Waals surface area contributed by atoms with Gasteiger partial charge in [0, 0.05) is 36.6 Å². The maximum atomic E-state index is 12.9. The third kappa shape index (κ3) is 3.56. The Hall–Kier alpha value is -3.74. The third-order valence-corrected chi connectivity index (χ3v) is 7.94. The lowest BCUT2D eigenvalue weighted by Gasteiger charge is -2.26. The van der Waals surface area contributed by atoms with Gasteiger partial charge in [0.2, 0.25) is 5.91 Å². The van der Waals surface area contributed by atoms with Gasteiger partial charge in [-0.05, 0) is 46.9 Å². The molecule has 2 unspecified atom stereocenters. The predicted octanol–water partition coefficient (Wildman–Crippen LogP) is 4.94. The normalized spacial score (nSPS) is 23.4. The number of aromatic nitrogens is 2. The van der Waals surface area contributed by atoms with Gasteiger partial charge in [-0.1, -0.05) is 60.7 Å². The average molecular weight is 477 g/mol. The number of morpholine rings is 1. The molecule has 2 fully saturated rings. The van der Waals surface area contributed by atoms with Gasteiger partial charge >= 0.3 is 0 Å². The lowest BCUT2D eigenvalue weighted by atomic mass is 9.92. The van der Waals surface area contributed by atoms with E-state index in [9.17, 15) is 4.79 Å². The molecular formula is C30H28N4O2. The van der Waals surface area contributed by atoms with Crippen molar-refractivity contribution in [3.05, 3.63) is 94.7 Å². The maximum Gasteiger partial charge on any atom is 0.235 e. The molecule has 6 heteroatoms. The number of aromatic amines is 1. The molecule has 3 aromatic carbocycles. The van der Waals surface area contributed by atoms with E-state index in [4.69, 9.17) is 4.74 Å². The minimum atomic E-state index is -0.417. The number of hydrogen-bond donors (Lipinski definition) is 2. The van der Waals surface area contributed by atoms with Crippen molar-refractivity contribution in [3.8, 4) is 0 Å². The van der Waals surface area contributed by atoms with E-state index in [-0.39, 0.29) is 11.8 Å². The van der Waals surface area contributed by atoms with Crippen molar-refractivity contribution in [3.63, 3.8) is 0 Å². The van der Waals surface area contributed by atoms with Gasteiger partial charge in [-0.2, -0.15) is 5.10 Å². The molecule has 1 saturated heterocycles. The van der Waals surface area contributed by atoms with E-state index in [1.807, 2.05) is 18.2 Å². The average Bonchev–Trinajstić information content (AvgIpc) is 3.44. The molecule has 7 rings (SSSR count). The van der Waals surface area contributed by atoms with Crippen molar-refractivity contribution in [1.82, 2.24) is 15.1 Å². The molecule has 4 aromatic rings. The zero-order chi connectivity index (χ0) is 24.1. The van der Waals surface area contributed by atoms with Crippen LogP contribution in [0.25, 0.3) is 23.1 Å². The van der Waals surface area contributed by atoms with E-state index < -0.39 is 5.41 Å². The highest BCUT2D eigenvalue weighted by atomic mass is 16.5. The van der Waals surface area contributed by atoms with E-state index in [0.29, 0.717) is 0 Å². The molecule has 2 atom stereocenters. The van der Waals surface area contributed by atoms with Crippen LogP contribution in [0.1, 0.15) is 40.3 Å². The number of rotatable bonds is 5. The highest BCUT2D eigenvalue weighted by Crippen LogP contribution is 2.64. The number of hydrogen-bond acceptors (Lipinski definition) is 4. The number of amides is 1. The molecule has 2 aliphatic heterocycles. The van der Waals surface area contributed by atoms with Crippen molar-refractivity contribution in [2.24, 2.45) is 0 Å². The maximum absolute atomic E-state index is 12.9. The number of para-hydroxylation sites is 1. The molecule has 6 nitrogen and oxygen atoms in total. The third-order valence-electron chi connectivity index (χ3n) is 7.94. The summed E-state index contributed by atoms with van der Waals surface area (Å²) in [6.45, 7) is 4.55. The number of nitrogens with one attached hydrogen (secondary N) is 2. The zero-order valence-corrected chi connectivity index (χ0v) is 20.0. The second-order valence-electron chi connectivity index (χ2n) is 10.1. The second-order valence-corrected chi connectivity index (χ2v) is 10.1. The molecule has 36 heavy (non-hydrogen) atoms. The molecule has 1 amide bonds. The van der Waals surface area contributed by atoms with Crippen LogP contribution in [-0.4, -0.2) is 47.3 Å². The summed E-state index contributed by atoms with van der Waals surface area (Å²) in [7, 11) is 0. The quantitative estimate of drug-likeness (QED) is 0.428. The fraction of sp³-hybridized carbons (Fsp3) is 0.267. The van der Waals surface area contributed by atoms with Gasteiger partial charge in [-0.3, -0.25) is 14.8 Å². The first kappa shape index (κ1) is 21.5. The summed E-state index contributed by atoms with van der Waals surface area (Å²) in [5.74, 6) is 0.319. The fourth-order valence-corrected chi connectivity index (χ4v) is 5.94. The monoisotopic (exact) mass is 476 g/mol. The first-order valence-electron chi connectivity index (χ1n) is 12.7. The minimum Gasteiger partial charge on any atom is -0.379 e. The Bertz CT molecular complexity index is 1500. The topological polar surface area (TPSA) is 70.2 Å². The molecule has 1 aliphatic carbocycles. The summed E-state index contributed by atoms with van der Waals surface area (Å²) in [5, 5.41) is 11.9. The Morgan fingerprint density at radius 1 is 1.03 bits per heavy atom. The van der Waals surface area contributed by atoms with Gasteiger partial charge in [0.05, 0.1) is 29.8 Å². The van der Waals surface area contributed by atoms with Gasteiger partial charge < -0.3 is 10.1 Å². The van der Waals surface area contributed by atoms with Crippen LogP contribution >= 0.6 is 0 Å². The molecule has 3 aliphatic rings. The molecule has 1 aromatic heterocycles. The number of ether oxygens (including phenoxy) is 1. The summed E-state index contributed by atoms with van der Waals surface area (Å²) in [5.41, 5.74) is 7.25. The van der Waals surface area contributed by atoms with E-state index in [0.717, 1.165) is 67.1 Å². The van der Waals surface area contributed by atoms with Crippen LogP contribution in [0.4, 0.5) is 5.69 Å². The lowest BCUT2D eigenvalue weighted by molar-refractivity contribution is -0.118. The van der Waals surface area contributed by atoms with Crippen LogP contribution < -0.4 is 5.32 Å². The summed E-state index contributed by atoms with van der Waals surface area (Å²) < 4.78 is 5.46. The predicted molar refractivity (Wildman–Crippen MR) is 142 cm³/mol. The van der Waals surface area contributed by atoms with Crippen LogP contribution in [0.2, 0.25) is 0 Å². The number of fused-ring (bicyclic) bond motifs is 3. The number of carbonyl (C=O) groups is 1. The fourth-order valence-electron chi connectivity index (χ4n) is 5.94. The highest BCUT2D eigenvalue weighted by Gasteiger charge is 2.65. The van der Waals surface area contributed by atoms with Gasteiger partial charge in [-0.25, -0.2) is 0 Å². The number of benzene rings is 3. The molecular weight excluding hydrogens is 448 g/mol. The second kappa shape index (κ2) is 8.43. The van der Waals surface area contributed by atoms with Crippen LogP contribution in [0.15, 0.2) is 66.7 Å². The molecule has 3 heterocycles. The Labute approximate surface area is 210 Å². The smallest absolute Gasteiger partial charge is 0.235 e. The van der Waals surface area contributed by atoms with Gasteiger partial charge in [-0.15, -0.1) is 0 Å². The van der Waals surface area contributed by atoms with E-state index in [2.05, 4.69) is 81.1 Å². The summed E-state index contributed by atoms with van der Waals surface area (Å²) >= 11 is 0. The van der Waals surface area contributed by atoms with Crippen LogP contribution in [0.3, 0.4) is 0 Å². The molecule has 1 saturated carbocycles. The van der Waals surface area contributed by atoms with E-state index in [1.54, 1.807) is 0 Å². The first-order chi connectivity index (χ1) is 17.7. The Balaban J connectivity index is 1.10. The van der Waals surface area contributed by atoms with Crippen LogP contribution in [0.5, 0.6) is 0 Å². The largest absolute Gasteiger partial charge is 0.379 e. The molecule has 180 valence electrons. The Morgan fingerprint density at radius 2 is 1.92 bits per heavy atom. The van der Waals surface area contributed by atoms with E-state index >= 15 is 0 Å². The van der Waals surface area contributed by atoms with E-state index in [1.165, 1.54) is 16.7 Å². The molecule has 1 spiro atoms. The number of carbonyl (C=O) groups excluding carboxylic acids is 1. The Kier molecular flexibility index (Phi) is 5.04. The van der Waals surface area contributed by atoms with Crippen molar-refractivity contribution in [2.75, 3.05) is 31.6 Å².